The SMILES string of the molecule is Cc1cc(C(=O)c2ccoc2C)sn1. The minimum Gasteiger partial charge on any atom is -0.469 e. The molecule has 0 saturated carbocycles. The van der Waals surface area contributed by atoms with Crippen LogP contribution in [-0.2, 0) is 0 Å². The molecule has 0 aliphatic rings. The Bertz CT molecular complexity index is 470. The Morgan fingerprint density at radius 2 is 2.29 bits per heavy atom. The van der Waals surface area contributed by atoms with E-state index in [1.54, 1.807) is 19.1 Å². The number of nitrogens with zero attached hydrogens (tertiary/aromatic N) is 1. The maximum absolute atomic E-state index is 11.9. The first-order valence-electron chi connectivity index (χ1n) is 4.20. The molecule has 3 nitrogen and oxygen atoms in total. The third-order valence-corrected chi connectivity index (χ3v) is 2.83. The molecule has 2 heterocycles. The Labute approximate surface area is 85.5 Å². The largest absolute Gasteiger partial charge is 0.469 e. The molecule has 0 radical (unpaired) electrons. The van der Waals surface area contributed by atoms with Gasteiger partial charge in [-0.25, -0.2) is 0 Å². The van der Waals surface area contributed by atoms with Gasteiger partial charge in [-0.3, -0.25) is 4.79 Å². The number of carbonyl (C=O) groups is 1. The number of rotatable bonds is 2. The van der Waals surface area contributed by atoms with E-state index in [0.29, 0.717) is 16.2 Å². The lowest BCUT2D eigenvalue weighted by Gasteiger charge is -1.92. The van der Waals surface area contributed by atoms with Crippen LogP contribution in [0.15, 0.2) is 22.8 Å². The predicted octanol–water partition coefficient (Wildman–Crippen LogP) is 2.58. The molecule has 2 aromatic rings. The quantitative estimate of drug-likeness (QED) is 0.711. The summed E-state index contributed by atoms with van der Waals surface area (Å²) in [7, 11) is 0. The second-order valence-corrected chi connectivity index (χ2v) is 3.86. The molecular formula is C10H9NO2S. The van der Waals surface area contributed by atoms with Crippen LogP contribution in [0.1, 0.15) is 26.7 Å². The molecule has 0 atom stereocenters. The maximum atomic E-state index is 11.9. The smallest absolute Gasteiger partial charge is 0.208 e. The normalized spacial score (nSPS) is 10.4. The van der Waals surface area contributed by atoms with Gasteiger partial charge in [0, 0.05) is 0 Å². The van der Waals surface area contributed by atoms with Gasteiger partial charge in [-0.1, -0.05) is 0 Å². The fourth-order valence-electron chi connectivity index (χ4n) is 1.22. The van der Waals surface area contributed by atoms with Crippen LogP contribution in [0.25, 0.3) is 0 Å². The number of aryl methyl sites for hydroxylation is 2. The highest BCUT2D eigenvalue weighted by atomic mass is 32.1. The van der Waals surface area contributed by atoms with Crippen LogP contribution in [0, 0.1) is 13.8 Å². The van der Waals surface area contributed by atoms with Gasteiger partial charge in [-0.15, -0.1) is 0 Å². The summed E-state index contributed by atoms with van der Waals surface area (Å²) in [6, 6.07) is 3.48. The highest BCUT2D eigenvalue weighted by molar-refractivity contribution is 7.08. The van der Waals surface area contributed by atoms with Crippen LogP contribution in [0.5, 0.6) is 0 Å². The second-order valence-electron chi connectivity index (χ2n) is 3.05. The van der Waals surface area contributed by atoms with Crippen LogP contribution in [0.4, 0.5) is 0 Å². The molecule has 2 aromatic heterocycles. The van der Waals surface area contributed by atoms with E-state index in [-0.39, 0.29) is 5.78 Å². The zero-order chi connectivity index (χ0) is 10.1. The highest BCUT2D eigenvalue weighted by Gasteiger charge is 2.15. The van der Waals surface area contributed by atoms with E-state index >= 15 is 0 Å². The van der Waals surface area contributed by atoms with E-state index in [9.17, 15) is 4.79 Å². The van der Waals surface area contributed by atoms with E-state index in [1.165, 1.54) is 17.8 Å². The molecule has 0 bridgehead atoms. The van der Waals surface area contributed by atoms with Crippen LogP contribution in [0.3, 0.4) is 0 Å². The monoisotopic (exact) mass is 207 g/mol. The number of carbonyl (C=O) groups excluding carboxylic acids is 1. The molecule has 4 heteroatoms. The summed E-state index contributed by atoms with van der Waals surface area (Å²) in [5.41, 5.74) is 1.49. The Morgan fingerprint density at radius 3 is 2.79 bits per heavy atom. The van der Waals surface area contributed by atoms with Gasteiger partial charge in [-0.05, 0) is 37.5 Å². The van der Waals surface area contributed by atoms with Crippen molar-refractivity contribution >= 4 is 17.3 Å². The highest BCUT2D eigenvalue weighted by Crippen LogP contribution is 2.18. The molecule has 0 aliphatic carbocycles. The molecule has 14 heavy (non-hydrogen) atoms. The van der Waals surface area contributed by atoms with Gasteiger partial charge in [0.25, 0.3) is 0 Å². The summed E-state index contributed by atoms with van der Waals surface area (Å²) < 4.78 is 9.14. The average Bonchev–Trinajstić information content (AvgIpc) is 2.73. The van der Waals surface area contributed by atoms with Crippen molar-refractivity contribution in [3.8, 4) is 0 Å². The van der Waals surface area contributed by atoms with Gasteiger partial charge in [0.2, 0.25) is 5.78 Å². The number of ketones is 1. The topological polar surface area (TPSA) is 43.1 Å². The molecule has 0 amide bonds. The van der Waals surface area contributed by atoms with Crippen LogP contribution < -0.4 is 0 Å². The van der Waals surface area contributed by atoms with Gasteiger partial charge in [0.15, 0.2) is 0 Å². The molecule has 0 fully saturated rings. The average molecular weight is 207 g/mol. The van der Waals surface area contributed by atoms with E-state index < -0.39 is 0 Å². The number of aromatic nitrogens is 1. The fraction of sp³-hybridized carbons (Fsp3) is 0.200. The predicted molar refractivity (Wildman–Crippen MR) is 53.7 cm³/mol. The minimum atomic E-state index is -0.0122. The molecule has 72 valence electrons. The molecule has 0 aromatic carbocycles. The van der Waals surface area contributed by atoms with E-state index in [2.05, 4.69) is 4.37 Å². The van der Waals surface area contributed by atoms with E-state index in [4.69, 9.17) is 4.42 Å². The zero-order valence-corrected chi connectivity index (χ0v) is 8.72. The second kappa shape index (κ2) is 3.38. The standard InChI is InChI=1S/C10H9NO2S/c1-6-5-9(14-11-6)10(12)8-3-4-13-7(8)2/h3-5H,1-2H3. The van der Waals surface area contributed by atoms with Crippen molar-refractivity contribution in [2.24, 2.45) is 0 Å². The van der Waals surface area contributed by atoms with Crippen molar-refractivity contribution in [1.82, 2.24) is 4.37 Å². The van der Waals surface area contributed by atoms with Gasteiger partial charge >= 0.3 is 0 Å². The van der Waals surface area contributed by atoms with Gasteiger partial charge in [0.05, 0.1) is 22.4 Å². The van der Waals surface area contributed by atoms with Crippen LogP contribution in [0.2, 0.25) is 0 Å². The summed E-state index contributed by atoms with van der Waals surface area (Å²) in [4.78, 5) is 12.5. The fourth-order valence-corrected chi connectivity index (χ4v) is 1.94. The molecular weight excluding hydrogens is 198 g/mol. The Hall–Kier alpha value is -1.42. The summed E-state index contributed by atoms with van der Waals surface area (Å²) in [5.74, 6) is 0.642. The van der Waals surface area contributed by atoms with Crippen molar-refractivity contribution in [3.05, 3.63) is 40.3 Å². The minimum absolute atomic E-state index is 0.0122. The molecule has 0 spiro atoms. The lowest BCUT2D eigenvalue weighted by atomic mass is 10.1. The van der Waals surface area contributed by atoms with Crippen molar-refractivity contribution in [2.75, 3.05) is 0 Å². The lowest BCUT2D eigenvalue weighted by Crippen LogP contribution is -1.98. The van der Waals surface area contributed by atoms with Crippen molar-refractivity contribution < 1.29 is 9.21 Å². The molecule has 0 N–H and O–H groups in total. The summed E-state index contributed by atoms with van der Waals surface area (Å²) in [6.07, 6.45) is 1.52. The van der Waals surface area contributed by atoms with E-state index in [0.717, 1.165) is 5.69 Å². The van der Waals surface area contributed by atoms with Crippen LogP contribution >= 0.6 is 11.5 Å². The molecule has 0 aliphatic heterocycles. The van der Waals surface area contributed by atoms with Crippen molar-refractivity contribution in [3.63, 3.8) is 0 Å². The lowest BCUT2D eigenvalue weighted by molar-refractivity contribution is 0.104. The number of hydrogen-bond donors (Lipinski definition) is 0. The third-order valence-electron chi connectivity index (χ3n) is 1.96. The Balaban J connectivity index is 2.38. The van der Waals surface area contributed by atoms with Crippen molar-refractivity contribution in [1.29, 1.82) is 0 Å². The summed E-state index contributed by atoms with van der Waals surface area (Å²) >= 11 is 1.22. The van der Waals surface area contributed by atoms with Gasteiger partial charge in [0.1, 0.15) is 5.76 Å². The van der Waals surface area contributed by atoms with Crippen LogP contribution in [-0.4, -0.2) is 10.2 Å². The van der Waals surface area contributed by atoms with E-state index in [1.807, 2.05) is 6.92 Å². The first kappa shape index (κ1) is 9.15. The maximum Gasteiger partial charge on any atom is 0.208 e. The van der Waals surface area contributed by atoms with Crippen molar-refractivity contribution in [2.45, 2.75) is 13.8 Å². The summed E-state index contributed by atoms with van der Waals surface area (Å²) in [5, 5.41) is 0. The number of hydrogen-bond acceptors (Lipinski definition) is 4. The number of furan rings is 1. The Morgan fingerprint density at radius 1 is 1.50 bits per heavy atom. The van der Waals surface area contributed by atoms with Gasteiger partial charge < -0.3 is 4.42 Å². The molecule has 0 unspecified atom stereocenters. The first-order valence-corrected chi connectivity index (χ1v) is 4.98. The zero-order valence-electron chi connectivity index (χ0n) is 7.90. The first-order chi connectivity index (χ1) is 6.68. The Kier molecular flexibility index (Phi) is 2.21. The molecule has 0 saturated heterocycles. The molecule has 2 rings (SSSR count). The third kappa shape index (κ3) is 1.48. The summed E-state index contributed by atoms with van der Waals surface area (Å²) in [6.45, 7) is 3.65. The van der Waals surface area contributed by atoms with Gasteiger partial charge in [-0.2, -0.15) is 4.37 Å².